The van der Waals surface area contributed by atoms with Crippen molar-refractivity contribution in [1.29, 1.82) is 0 Å². The molecule has 1 aromatic carbocycles. The second-order valence-corrected chi connectivity index (χ2v) is 10.2. The average Bonchev–Trinajstić information content (AvgIpc) is 2.87. The maximum Gasteiger partial charge on any atom is 0.407 e. The molecular weight excluding hydrogens is 394 g/mol. The first-order valence-electron chi connectivity index (χ1n) is 10.1. The van der Waals surface area contributed by atoms with Crippen LogP contribution in [0.25, 0.3) is 0 Å². The van der Waals surface area contributed by atoms with Gasteiger partial charge in [-0.3, -0.25) is 4.18 Å². The lowest BCUT2D eigenvalue weighted by atomic mass is 9.96. The van der Waals surface area contributed by atoms with Crippen molar-refractivity contribution in [2.24, 2.45) is 5.92 Å². The Morgan fingerprint density at radius 2 is 1.93 bits per heavy atom. The van der Waals surface area contributed by atoms with E-state index in [2.05, 4.69) is 5.32 Å². The number of benzene rings is 1. The van der Waals surface area contributed by atoms with Crippen LogP contribution >= 0.6 is 0 Å². The van der Waals surface area contributed by atoms with Crippen LogP contribution in [0.5, 0.6) is 0 Å². The summed E-state index contributed by atoms with van der Waals surface area (Å²) in [5.74, 6) is 0.225. The number of rotatable bonds is 7. The fourth-order valence-corrected chi connectivity index (χ4v) is 4.10. The third-order valence-electron chi connectivity index (χ3n) is 4.58. The summed E-state index contributed by atoms with van der Waals surface area (Å²) in [5, 5.41) is 2.77. The van der Waals surface area contributed by atoms with Crippen LogP contribution in [0, 0.1) is 12.8 Å². The molecule has 0 aromatic heterocycles. The first-order chi connectivity index (χ1) is 13.5. The number of aryl methyl sites for hydroxylation is 1. The van der Waals surface area contributed by atoms with E-state index >= 15 is 0 Å². The molecule has 7 nitrogen and oxygen atoms in total. The third kappa shape index (κ3) is 8.72. The predicted molar refractivity (Wildman–Crippen MR) is 110 cm³/mol. The zero-order valence-corrected chi connectivity index (χ0v) is 18.6. The molecule has 0 radical (unpaired) electrons. The smallest absolute Gasteiger partial charge is 0.407 e. The van der Waals surface area contributed by atoms with Gasteiger partial charge in [0.15, 0.2) is 0 Å². The molecule has 1 N–H and O–H groups in total. The van der Waals surface area contributed by atoms with Gasteiger partial charge >= 0.3 is 6.09 Å². The van der Waals surface area contributed by atoms with Gasteiger partial charge in [0.1, 0.15) is 5.60 Å². The number of ether oxygens (including phenoxy) is 2. The molecule has 1 aliphatic heterocycles. The Bertz CT molecular complexity index is 746. The average molecular weight is 428 g/mol. The van der Waals surface area contributed by atoms with Crippen molar-refractivity contribution in [2.75, 3.05) is 19.8 Å². The minimum atomic E-state index is -3.91. The van der Waals surface area contributed by atoms with Gasteiger partial charge in [-0.25, -0.2) is 4.79 Å². The SMILES string of the molecule is Cc1ccc(S(=O)(=O)OC[C@@H](C[C@H]2CCCCOC2)NC(=O)OC(C)(C)C)cc1. The Morgan fingerprint density at radius 1 is 1.24 bits per heavy atom. The molecule has 0 aliphatic carbocycles. The van der Waals surface area contributed by atoms with Gasteiger partial charge in [0.05, 0.1) is 17.5 Å². The lowest BCUT2D eigenvalue weighted by molar-refractivity contribution is 0.0464. The molecule has 1 fully saturated rings. The molecule has 1 heterocycles. The van der Waals surface area contributed by atoms with E-state index in [-0.39, 0.29) is 17.4 Å². The summed E-state index contributed by atoms with van der Waals surface area (Å²) in [4.78, 5) is 12.3. The highest BCUT2D eigenvalue weighted by Crippen LogP contribution is 2.21. The molecule has 2 rings (SSSR count). The maximum absolute atomic E-state index is 12.5. The van der Waals surface area contributed by atoms with Gasteiger partial charge in [-0.05, 0) is 65.0 Å². The van der Waals surface area contributed by atoms with E-state index in [0.29, 0.717) is 13.0 Å². The number of carbonyl (C=O) groups is 1. The van der Waals surface area contributed by atoms with E-state index < -0.39 is 27.9 Å². The van der Waals surface area contributed by atoms with Crippen molar-refractivity contribution < 1.29 is 26.9 Å². The van der Waals surface area contributed by atoms with E-state index in [9.17, 15) is 13.2 Å². The van der Waals surface area contributed by atoms with Gasteiger partial charge in [-0.1, -0.05) is 24.1 Å². The molecule has 164 valence electrons. The summed E-state index contributed by atoms with van der Waals surface area (Å²) < 4.78 is 41.3. The van der Waals surface area contributed by atoms with Crippen molar-refractivity contribution in [1.82, 2.24) is 5.32 Å². The van der Waals surface area contributed by atoms with Gasteiger partial charge in [-0.2, -0.15) is 8.42 Å². The van der Waals surface area contributed by atoms with Crippen LogP contribution in [0.2, 0.25) is 0 Å². The van der Waals surface area contributed by atoms with Crippen LogP contribution in [0.3, 0.4) is 0 Å². The highest BCUT2D eigenvalue weighted by atomic mass is 32.2. The molecule has 8 heteroatoms. The first-order valence-corrected chi connectivity index (χ1v) is 11.5. The summed E-state index contributed by atoms with van der Waals surface area (Å²) in [7, 11) is -3.91. The lowest BCUT2D eigenvalue weighted by Crippen LogP contribution is -2.43. The van der Waals surface area contributed by atoms with Crippen LogP contribution in [0.15, 0.2) is 29.2 Å². The number of hydrogen-bond acceptors (Lipinski definition) is 6. The summed E-state index contributed by atoms with van der Waals surface area (Å²) >= 11 is 0. The molecule has 1 aliphatic rings. The number of amides is 1. The standard InChI is InChI=1S/C21H33NO6S/c1-16-8-10-19(11-9-16)29(24,25)27-15-18(22-20(23)28-21(2,3)4)13-17-7-5-6-12-26-14-17/h8-11,17-18H,5-7,12-15H2,1-4H3,(H,22,23)/t17-,18-/m1/s1. The normalized spacial score (nSPS) is 19.2. The summed E-state index contributed by atoms with van der Waals surface area (Å²) in [6, 6.07) is 5.96. The van der Waals surface area contributed by atoms with Gasteiger partial charge in [-0.15, -0.1) is 0 Å². The molecule has 1 amide bonds. The summed E-state index contributed by atoms with van der Waals surface area (Å²) in [5.41, 5.74) is 0.316. The van der Waals surface area contributed by atoms with E-state index in [1.165, 1.54) is 12.1 Å². The molecule has 1 aromatic rings. The highest BCUT2D eigenvalue weighted by molar-refractivity contribution is 7.86. The van der Waals surface area contributed by atoms with Crippen LogP contribution in [-0.2, 0) is 23.8 Å². The van der Waals surface area contributed by atoms with Crippen molar-refractivity contribution in [3.8, 4) is 0 Å². The van der Waals surface area contributed by atoms with Crippen LogP contribution < -0.4 is 5.32 Å². The molecule has 1 saturated heterocycles. The van der Waals surface area contributed by atoms with Crippen molar-refractivity contribution in [3.63, 3.8) is 0 Å². The quantitative estimate of drug-likeness (QED) is 0.666. The van der Waals surface area contributed by atoms with Crippen LogP contribution in [0.4, 0.5) is 4.79 Å². The molecule has 0 bridgehead atoms. The Kier molecular flexibility index (Phi) is 8.48. The fourth-order valence-electron chi connectivity index (χ4n) is 3.15. The monoisotopic (exact) mass is 427 g/mol. The fraction of sp³-hybridized carbons (Fsp3) is 0.667. The second-order valence-electron chi connectivity index (χ2n) is 8.57. The Balaban J connectivity index is 2.04. The third-order valence-corrected chi connectivity index (χ3v) is 5.87. The van der Waals surface area contributed by atoms with E-state index in [4.69, 9.17) is 13.7 Å². The molecule has 0 unspecified atom stereocenters. The highest BCUT2D eigenvalue weighted by Gasteiger charge is 2.26. The number of alkyl carbamates (subject to hydrolysis) is 1. The van der Waals surface area contributed by atoms with E-state index in [1.54, 1.807) is 32.9 Å². The summed E-state index contributed by atoms with van der Waals surface area (Å²) in [6.45, 7) is 8.38. The van der Waals surface area contributed by atoms with E-state index in [0.717, 1.165) is 31.4 Å². The Hall–Kier alpha value is -1.64. The molecule has 0 spiro atoms. The van der Waals surface area contributed by atoms with Crippen molar-refractivity contribution >= 4 is 16.2 Å². The van der Waals surface area contributed by atoms with Crippen molar-refractivity contribution in [3.05, 3.63) is 29.8 Å². The van der Waals surface area contributed by atoms with Gasteiger partial charge in [0.25, 0.3) is 10.1 Å². The topological polar surface area (TPSA) is 90.9 Å². The lowest BCUT2D eigenvalue weighted by Gasteiger charge is -2.26. The maximum atomic E-state index is 12.5. The zero-order chi connectivity index (χ0) is 21.5. The summed E-state index contributed by atoms with van der Waals surface area (Å²) in [6.07, 6.45) is 3.00. The number of carbonyl (C=O) groups excluding carboxylic acids is 1. The molecular formula is C21H33NO6S. The Morgan fingerprint density at radius 3 is 2.59 bits per heavy atom. The van der Waals surface area contributed by atoms with Gasteiger partial charge in [0, 0.05) is 13.2 Å². The Labute approximate surface area is 174 Å². The first kappa shape index (κ1) is 23.6. The van der Waals surface area contributed by atoms with Gasteiger partial charge in [0.2, 0.25) is 0 Å². The molecule has 0 saturated carbocycles. The van der Waals surface area contributed by atoms with E-state index in [1.807, 2.05) is 6.92 Å². The molecule has 29 heavy (non-hydrogen) atoms. The molecule has 2 atom stereocenters. The number of nitrogens with one attached hydrogen (secondary N) is 1. The largest absolute Gasteiger partial charge is 0.444 e. The minimum absolute atomic E-state index is 0.0944. The van der Waals surface area contributed by atoms with Crippen LogP contribution in [-0.4, -0.2) is 46.0 Å². The van der Waals surface area contributed by atoms with Crippen molar-refractivity contribution in [2.45, 2.75) is 69.9 Å². The number of hydrogen-bond donors (Lipinski definition) is 1. The minimum Gasteiger partial charge on any atom is -0.444 e. The second kappa shape index (κ2) is 10.4. The van der Waals surface area contributed by atoms with Crippen LogP contribution in [0.1, 0.15) is 52.0 Å². The predicted octanol–water partition coefficient (Wildman–Crippen LogP) is 3.80. The zero-order valence-electron chi connectivity index (χ0n) is 17.8. The van der Waals surface area contributed by atoms with Gasteiger partial charge < -0.3 is 14.8 Å².